The molecule has 0 unspecified atom stereocenters. The van der Waals surface area contributed by atoms with Gasteiger partial charge >= 0.3 is 0 Å². The fraction of sp³-hybridized carbons (Fsp3) is 0.231. The number of rotatable bonds is 10. The Bertz CT molecular complexity index is 1260. The zero-order valence-corrected chi connectivity index (χ0v) is 20.6. The minimum atomic E-state index is -3.90. The van der Waals surface area contributed by atoms with Crippen molar-refractivity contribution in [2.24, 2.45) is 5.92 Å². The summed E-state index contributed by atoms with van der Waals surface area (Å²) in [6.07, 6.45) is 0.660. The van der Waals surface area contributed by atoms with Crippen molar-refractivity contribution in [3.8, 4) is 5.75 Å². The summed E-state index contributed by atoms with van der Waals surface area (Å²) >= 11 is 0. The van der Waals surface area contributed by atoms with Crippen LogP contribution in [0.25, 0.3) is 0 Å². The van der Waals surface area contributed by atoms with Gasteiger partial charge in [0.25, 0.3) is 15.9 Å². The van der Waals surface area contributed by atoms with Gasteiger partial charge in [0.2, 0.25) is 5.91 Å². The van der Waals surface area contributed by atoms with Gasteiger partial charge in [-0.3, -0.25) is 14.3 Å². The van der Waals surface area contributed by atoms with Crippen LogP contribution in [0.4, 0.5) is 11.4 Å². The molecule has 0 aliphatic rings. The Morgan fingerprint density at radius 3 is 2.23 bits per heavy atom. The third-order valence-corrected chi connectivity index (χ3v) is 6.95. The first-order valence-corrected chi connectivity index (χ1v) is 12.7. The second-order valence-corrected chi connectivity index (χ2v) is 9.74. The van der Waals surface area contributed by atoms with Crippen molar-refractivity contribution in [1.29, 1.82) is 0 Å². The smallest absolute Gasteiger partial charge is 0.261 e. The lowest BCUT2D eigenvalue weighted by molar-refractivity contribution is -0.119. The van der Waals surface area contributed by atoms with Crippen molar-refractivity contribution in [2.45, 2.75) is 31.2 Å². The number of nitrogens with one attached hydrogen (secondary N) is 3. The van der Waals surface area contributed by atoms with E-state index in [1.165, 1.54) is 19.2 Å². The van der Waals surface area contributed by atoms with Gasteiger partial charge in [0.15, 0.2) is 0 Å². The van der Waals surface area contributed by atoms with E-state index in [1.54, 1.807) is 66.7 Å². The van der Waals surface area contributed by atoms with E-state index in [0.29, 0.717) is 29.1 Å². The summed E-state index contributed by atoms with van der Waals surface area (Å²) < 4.78 is 33.3. The van der Waals surface area contributed by atoms with Gasteiger partial charge < -0.3 is 15.4 Å². The first kappa shape index (κ1) is 25.8. The highest BCUT2D eigenvalue weighted by atomic mass is 32.2. The highest BCUT2D eigenvalue weighted by molar-refractivity contribution is 7.92. The van der Waals surface area contributed by atoms with Crippen LogP contribution in [0.15, 0.2) is 83.8 Å². The van der Waals surface area contributed by atoms with Gasteiger partial charge in [-0.05, 0) is 60.5 Å². The van der Waals surface area contributed by atoms with E-state index < -0.39 is 22.0 Å². The molecule has 0 heterocycles. The summed E-state index contributed by atoms with van der Waals surface area (Å²) in [7, 11) is -2.37. The molecule has 35 heavy (non-hydrogen) atoms. The van der Waals surface area contributed by atoms with E-state index in [4.69, 9.17) is 4.74 Å². The molecule has 0 aliphatic carbocycles. The lowest BCUT2D eigenvalue weighted by Crippen LogP contribution is -2.47. The normalized spacial score (nSPS) is 12.8. The van der Waals surface area contributed by atoms with Crippen LogP contribution in [-0.4, -0.2) is 33.4 Å². The molecule has 0 radical (unpaired) electrons. The molecule has 9 heteroatoms. The van der Waals surface area contributed by atoms with E-state index in [2.05, 4.69) is 15.4 Å². The lowest BCUT2D eigenvalue weighted by Gasteiger charge is -2.23. The van der Waals surface area contributed by atoms with Crippen molar-refractivity contribution < 1.29 is 22.7 Å². The summed E-state index contributed by atoms with van der Waals surface area (Å²) in [6, 6.07) is 20.3. The van der Waals surface area contributed by atoms with Crippen molar-refractivity contribution in [3.05, 3.63) is 84.4 Å². The SMILES string of the molecule is CC[C@@H](C)[C@H](NC(=O)c1ccccc1)C(=O)Nc1cccc(S(=O)(=O)Nc2ccc(OC)cc2)c1. The van der Waals surface area contributed by atoms with Crippen molar-refractivity contribution in [2.75, 3.05) is 17.1 Å². The highest BCUT2D eigenvalue weighted by Crippen LogP contribution is 2.22. The predicted molar refractivity (Wildman–Crippen MR) is 136 cm³/mol. The van der Waals surface area contributed by atoms with E-state index in [1.807, 2.05) is 13.8 Å². The molecule has 3 aromatic rings. The number of hydrogen-bond donors (Lipinski definition) is 3. The largest absolute Gasteiger partial charge is 0.497 e. The quantitative estimate of drug-likeness (QED) is 0.389. The first-order valence-electron chi connectivity index (χ1n) is 11.2. The maximum absolute atomic E-state index is 13.1. The standard InChI is InChI=1S/C26H29N3O5S/c1-4-18(2)24(28-25(30)19-9-6-5-7-10-19)26(31)27-21-11-8-12-23(17-21)35(32,33)29-20-13-15-22(34-3)16-14-20/h5-18,24,29H,4H2,1-3H3,(H,27,31)(H,28,30)/t18-,24+/m1/s1. The van der Waals surface area contributed by atoms with E-state index in [-0.39, 0.29) is 16.7 Å². The topological polar surface area (TPSA) is 114 Å². The van der Waals surface area contributed by atoms with Gasteiger partial charge in [-0.15, -0.1) is 0 Å². The molecule has 8 nitrogen and oxygen atoms in total. The maximum Gasteiger partial charge on any atom is 0.261 e. The average Bonchev–Trinajstić information content (AvgIpc) is 2.87. The zero-order chi connectivity index (χ0) is 25.4. The molecule has 3 aromatic carbocycles. The van der Waals surface area contributed by atoms with Gasteiger partial charge in [-0.2, -0.15) is 0 Å². The molecule has 3 rings (SSSR count). The van der Waals surface area contributed by atoms with Crippen LogP contribution in [0.2, 0.25) is 0 Å². The third-order valence-electron chi connectivity index (χ3n) is 5.57. The molecule has 0 bridgehead atoms. The number of carbonyl (C=O) groups is 2. The Labute approximate surface area is 205 Å². The second kappa shape index (κ2) is 11.5. The molecule has 0 aromatic heterocycles. The summed E-state index contributed by atoms with van der Waals surface area (Å²) in [5, 5.41) is 5.54. The second-order valence-electron chi connectivity index (χ2n) is 8.05. The fourth-order valence-corrected chi connectivity index (χ4v) is 4.45. The van der Waals surface area contributed by atoms with Crippen LogP contribution in [0, 0.1) is 5.92 Å². The molecule has 3 N–H and O–H groups in total. The van der Waals surface area contributed by atoms with E-state index >= 15 is 0 Å². The molecule has 184 valence electrons. The van der Waals surface area contributed by atoms with Crippen LogP contribution in [0.3, 0.4) is 0 Å². The fourth-order valence-electron chi connectivity index (χ4n) is 3.35. The molecule has 2 amide bonds. The highest BCUT2D eigenvalue weighted by Gasteiger charge is 2.27. The molecule has 0 saturated carbocycles. The first-order chi connectivity index (χ1) is 16.7. The Morgan fingerprint density at radius 2 is 1.60 bits per heavy atom. The van der Waals surface area contributed by atoms with Gasteiger partial charge in [0, 0.05) is 16.9 Å². The van der Waals surface area contributed by atoms with Crippen LogP contribution in [0.5, 0.6) is 5.75 Å². The number of ether oxygens (including phenoxy) is 1. The van der Waals surface area contributed by atoms with Gasteiger partial charge in [-0.25, -0.2) is 8.42 Å². The number of carbonyl (C=O) groups excluding carboxylic acids is 2. The number of sulfonamides is 1. The minimum absolute atomic E-state index is 0.0143. The maximum atomic E-state index is 13.1. The van der Waals surface area contributed by atoms with Gasteiger partial charge in [-0.1, -0.05) is 44.5 Å². The van der Waals surface area contributed by atoms with E-state index in [0.717, 1.165) is 0 Å². The number of hydrogen-bond acceptors (Lipinski definition) is 5. The number of anilines is 2. The Kier molecular flexibility index (Phi) is 8.48. The molecular weight excluding hydrogens is 466 g/mol. The monoisotopic (exact) mass is 495 g/mol. The summed E-state index contributed by atoms with van der Waals surface area (Å²) in [5.41, 5.74) is 1.13. The molecule has 0 spiro atoms. The molecule has 0 saturated heterocycles. The zero-order valence-electron chi connectivity index (χ0n) is 19.8. The van der Waals surface area contributed by atoms with Crippen molar-refractivity contribution >= 4 is 33.2 Å². The Morgan fingerprint density at radius 1 is 0.914 bits per heavy atom. The number of benzene rings is 3. The summed E-state index contributed by atoms with van der Waals surface area (Å²) in [5.74, 6) is -0.327. The van der Waals surface area contributed by atoms with E-state index in [9.17, 15) is 18.0 Å². The molecular formula is C26H29N3O5S. The number of methoxy groups -OCH3 is 1. The van der Waals surface area contributed by atoms with Crippen LogP contribution >= 0.6 is 0 Å². The molecule has 2 atom stereocenters. The van der Waals surface area contributed by atoms with Crippen molar-refractivity contribution in [1.82, 2.24) is 5.32 Å². The molecule has 0 aliphatic heterocycles. The minimum Gasteiger partial charge on any atom is -0.497 e. The van der Waals surface area contributed by atoms with Crippen LogP contribution < -0.4 is 20.1 Å². The average molecular weight is 496 g/mol. The predicted octanol–water partition coefficient (Wildman–Crippen LogP) is 4.28. The summed E-state index contributed by atoms with van der Waals surface area (Å²) in [6.45, 7) is 3.80. The Balaban J connectivity index is 1.75. The van der Waals surface area contributed by atoms with Gasteiger partial charge in [0.1, 0.15) is 11.8 Å². The van der Waals surface area contributed by atoms with Crippen molar-refractivity contribution in [3.63, 3.8) is 0 Å². The number of amides is 2. The third kappa shape index (κ3) is 6.83. The molecule has 0 fully saturated rings. The summed E-state index contributed by atoms with van der Waals surface area (Å²) in [4.78, 5) is 25.7. The lowest BCUT2D eigenvalue weighted by atomic mass is 9.97. The van der Waals surface area contributed by atoms with Crippen LogP contribution in [0.1, 0.15) is 30.6 Å². The van der Waals surface area contributed by atoms with Crippen LogP contribution in [-0.2, 0) is 14.8 Å². The Hall–Kier alpha value is -3.85. The van der Waals surface area contributed by atoms with Gasteiger partial charge in [0.05, 0.1) is 12.0 Å².